The standard InChI is InChI=1S/C5H13BS.B/c1-4-6(5-2)7-3;/h4-5H2,1-3H3;. The molecule has 0 unspecified atom stereocenters. The van der Waals surface area contributed by atoms with E-state index in [1.165, 1.54) is 12.6 Å². The van der Waals surface area contributed by atoms with Crippen molar-refractivity contribution in [2.45, 2.75) is 26.5 Å². The number of hydrogen-bond acceptors (Lipinski definition) is 1. The third-order valence-electron chi connectivity index (χ3n) is 1.24. The van der Waals surface area contributed by atoms with Gasteiger partial charge < -0.3 is 0 Å². The maximum Gasteiger partial charge on any atom is 0.208 e. The SMILES string of the molecule is CCB(CC)SC.[B]. The van der Waals surface area contributed by atoms with Gasteiger partial charge in [0.15, 0.2) is 0 Å². The second kappa shape index (κ2) is 7.48. The summed E-state index contributed by atoms with van der Waals surface area (Å²) in [5, 5.41) is 0. The van der Waals surface area contributed by atoms with E-state index in [-0.39, 0.29) is 8.41 Å². The third-order valence-corrected chi connectivity index (χ3v) is 2.58. The highest BCUT2D eigenvalue weighted by molar-refractivity contribution is 8.25. The average Bonchev–Trinajstić information content (AvgIpc) is 1.72. The Balaban J connectivity index is 0. The van der Waals surface area contributed by atoms with Crippen LogP contribution in [-0.4, -0.2) is 20.7 Å². The molecular formula is C5H13B2S. The molecule has 0 aliphatic heterocycles. The molecule has 0 saturated heterocycles. The Morgan fingerprint density at radius 2 is 1.62 bits per heavy atom. The van der Waals surface area contributed by atoms with Gasteiger partial charge >= 0.3 is 0 Å². The molecular weight excluding hydrogens is 114 g/mol. The van der Waals surface area contributed by atoms with Crippen LogP contribution in [0.4, 0.5) is 0 Å². The molecule has 0 aromatic carbocycles. The van der Waals surface area contributed by atoms with Crippen LogP contribution in [-0.2, 0) is 0 Å². The van der Waals surface area contributed by atoms with Crippen LogP contribution in [0.5, 0.6) is 0 Å². The normalized spacial score (nSPS) is 7.88. The minimum Gasteiger partial charge on any atom is -0.213 e. The first-order valence-corrected chi connectivity index (χ1v) is 4.16. The zero-order chi connectivity index (χ0) is 5.70. The highest BCUT2D eigenvalue weighted by Crippen LogP contribution is 2.09. The lowest BCUT2D eigenvalue weighted by Gasteiger charge is -1.99. The Bertz CT molecular complexity index is 31.9. The summed E-state index contributed by atoms with van der Waals surface area (Å²) in [5.41, 5.74) is 0. The molecule has 0 saturated carbocycles. The summed E-state index contributed by atoms with van der Waals surface area (Å²) in [6.07, 6.45) is 4.81. The topological polar surface area (TPSA) is 0 Å². The number of hydrogen-bond donors (Lipinski definition) is 0. The first kappa shape index (κ1) is 11.3. The van der Waals surface area contributed by atoms with Crippen LogP contribution in [0, 0.1) is 0 Å². The van der Waals surface area contributed by atoms with Crippen LogP contribution in [0.2, 0.25) is 12.6 Å². The van der Waals surface area contributed by atoms with Gasteiger partial charge in [-0.25, -0.2) is 11.6 Å². The lowest BCUT2D eigenvalue weighted by atomic mass is 9.70. The van der Waals surface area contributed by atoms with Crippen molar-refractivity contribution in [3.8, 4) is 0 Å². The molecule has 0 aromatic heterocycles. The van der Waals surface area contributed by atoms with Gasteiger partial charge in [-0.1, -0.05) is 26.5 Å². The van der Waals surface area contributed by atoms with Crippen LogP contribution in [0.1, 0.15) is 13.8 Å². The molecule has 0 rings (SSSR count). The van der Waals surface area contributed by atoms with E-state index in [2.05, 4.69) is 20.1 Å². The predicted octanol–water partition coefficient (Wildman–Crippen LogP) is 2.00. The molecule has 0 heterocycles. The summed E-state index contributed by atoms with van der Waals surface area (Å²) < 4.78 is 0. The quantitative estimate of drug-likeness (QED) is 0.522. The minimum atomic E-state index is 0. The summed E-state index contributed by atoms with van der Waals surface area (Å²) in [7, 11) is 0. The molecule has 0 aliphatic carbocycles. The fourth-order valence-corrected chi connectivity index (χ4v) is 1.29. The van der Waals surface area contributed by atoms with E-state index in [4.69, 9.17) is 0 Å². The Morgan fingerprint density at radius 1 is 1.25 bits per heavy atom. The fourth-order valence-electron chi connectivity index (χ4n) is 0.622. The molecule has 0 nitrogen and oxygen atoms in total. The molecule has 3 heteroatoms. The van der Waals surface area contributed by atoms with Gasteiger partial charge in [0.1, 0.15) is 0 Å². The Labute approximate surface area is 59.4 Å². The maximum absolute atomic E-state index is 2.24. The monoisotopic (exact) mass is 127 g/mol. The van der Waals surface area contributed by atoms with E-state index in [0.29, 0.717) is 0 Å². The molecule has 45 valence electrons. The van der Waals surface area contributed by atoms with Gasteiger partial charge in [-0.3, -0.25) is 0 Å². The van der Waals surface area contributed by atoms with Crippen LogP contribution < -0.4 is 0 Å². The lowest BCUT2D eigenvalue weighted by molar-refractivity contribution is 1.35. The predicted molar refractivity (Wildman–Crippen MR) is 46.0 cm³/mol. The molecule has 3 radical (unpaired) electrons. The molecule has 0 N–H and O–H groups in total. The maximum atomic E-state index is 2.24. The van der Waals surface area contributed by atoms with E-state index < -0.39 is 0 Å². The van der Waals surface area contributed by atoms with Gasteiger partial charge in [0.25, 0.3) is 0 Å². The van der Waals surface area contributed by atoms with Crippen molar-refractivity contribution in [2.24, 2.45) is 0 Å². The molecule has 0 amide bonds. The summed E-state index contributed by atoms with van der Waals surface area (Å²) in [5.74, 6) is 0.903. The van der Waals surface area contributed by atoms with Crippen LogP contribution in [0.3, 0.4) is 0 Å². The summed E-state index contributed by atoms with van der Waals surface area (Å²) in [6, 6.07) is 0. The Hall–Kier alpha value is 0.480. The van der Waals surface area contributed by atoms with Crippen LogP contribution in [0.25, 0.3) is 0 Å². The second-order valence-electron chi connectivity index (χ2n) is 1.67. The summed E-state index contributed by atoms with van der Waals surface area (Å²) in [6.45, 7) is 4.48. The highest BCUT2D eigenvalue weighted by atomic mass is 32.2. The van der Waals surface area contributed by atoms with Crippen LogP contribution >= 0.6 is 11.6 Å². The molecule has 0 fully saturated rings. The first-order chi connectivity index (χ1) is 3.35. The van der Waals surface area contributed by atoms with E-state index in [0.717, 1.165) is 5.99 Å². The second-order valence-corrected chi connectivity index (χ2v) is 2.81. The number of rotatable bonds is 3. The van der Waals surface area contributed by atoms with Crippen molar-refractivity contribution < 1.29 is 0 Å². The summed E-state index contributed by atoms with van der Waals surface area (Å²) in [4.78, 5) is 0. The minimum absolute atomic E-state index is 0. The third kappa shape index (κ3) is 4.63. The van der Waals surface area contributed by atoms with Crippen molar-refractivity contribution in [2.75, 3.05) is 6.26 Å². The van der Waals surface area contributed by atoms with Crippen molar-refractivity contribution >= 4 is 26.0 Å². The van der Waals surface area contributed by atoms with Crippen molar-refractivity contribution in [3.05, 3.63) is 0 Å². The molecule has 0 bridgehead atoms. The molecule has 0 spiro atoms. The van der Waals surface area contributed by atoms with Crippen molar-refractivity contribution in [1.29, 1.82) is 0 Å². The molecule has 0 atom stereocenters. The molecule has 8 heavy (non-hydrogen) atoms. The van der Waals surface area contributed by atoms with E-state index in [1.54, 1.807) is 0 Å². The van der Waals surface area contributed by atoms with Crippen molar-refractivity contribution in [1.82, 2.24) is 0 Å². The van der Waals surface area contributed by atoms with Gasteiger partial charge in [-0.2, -0.15) is 0 Å². The average molecular weight is 127 g/mol. The van der Waals surface area contributed by atoms with E-state index >= 15 is 0 Å². The first-order valence-electron chi connectivity index (χ1n) is 2.87. The summed E-state index contributed by atoms with van der Waals surface area (Å²) >= 11 is 1.97. The van der Waals surface area contributed by atoms with Gasteiger partial charge in [0.2, 0.25) is 5.99 Å². The van der Waals surface area contributed by atoms with E-state index in [1.807, 2.05) is 11.6 Å². The lowest BCUT2D eigenvalue weighted by Crippen LogP contribution is -2.00. The van der Waals surface area contributed by atoms with Gasteiger partial charge in [0.05, 0.1) is 0 Å². The van der Waals surface area contributed by atoms with Gasteiger partial charge in [0, 0.05) is 8.41 Å². The zero-order valence-corrected chi connectivity index (χ0v) is 6.79. The zero-order valence-electron chi connectivity index (χ0n) is 5.98. The fraction of sp³-hybridized carbons (Fsp3) is 1.00. The van der Waals surface area contributed by atoms with Gasteiger partial charge in [-0.05, 0) is 6.26 Å². The van der Waals surface area contributed by atoms with Crippen molar-refractivity contribution in [3.63, 3.8) is 0 Å². The molecule has 0 aromatic rings. The largest absolute Gasteiger partial charge is 0.213 e. The molecule has 0 aliphatic rings. The van der Waals surface area contributed by atoms with Gasteiger partial charge in [-0.15, -0.1) is 0 Å². The smallest absolute Gasteiger partial charge is 0.208 e. The van der Waals surface area contributed by atoms with Crippen LogP contribution in [0.15, 0.2) is 0 Å². The Morgan fingerprint density at radius 3 is 1.62 bits per heavy atom. The Kier molecular flexibility index (Phi) is 10.6. The van der Waals surface area contributed by atoms with E-state index in [9.17, 15) is 0 Å². The highest BCUT2D eigenvalue weighted by Gasteiger charge is 2.02.